The van der Waals surface area contributed by atoms with Crippen LogP contribution >= 0.6 is 0 Å². The zero-order valence-corrected chi connectivity index (χ0v) is 9.61. The molecule has 1 rings (SSSR count). The first-order valence-electron chi connectivity index (χ1n) is 5.20. The first kappa shape index (κ1) is 12.6. The second kappa shape index (κ2) is 5.61. The molecule has 1 amide bonds. The van der Waals surface area contributed by atoms with E-state index in [1.54, 1.807) is 26.2 Å². The lowest BCUT2D eigenvalue weighted by Gasteiger charge is -2.19. The van der Waals surface area contributed by atoms with E-state index >= 15 is 0 Å². The molecule has 16 heavy (non-hydrogen) atoms. The number of hydrogen-bond acceptors (Lipinski definition) is 2. The Bertz CT molecular complexity index is 349. The molecule has 0 radical (unpaired) electrons. The quantitative estimate of drug-likeness (QED) is 0.830. The van der Waals surface area contributed by atoms with Gasteiger partial charge in [-0.3, -0.25) is 4.79 Å². The number of carbonyl (C=O) groups is 1. The fraction of sp³-hybridized carbons (Fsp3) is 0.417. The molecule has 0 bridgehead atoms. The van der Waals surface area contributed by atoms with E-state index in [1.807, 2.05) is 0 Å². The largest absolute Gasteiger partial charge is 0.349 e. The van der Waals surface area contributed by atoms with Crippen molar-refractivity contribution in [2.75, 3.05) is 20.6 Å². The number of carbonyl (C=O) groups excluding carboxylic acids is 1. The molecule has 0 aliphatic heterocycles. The van der Waals surface area contributed by atoms with Crippen molar-refractivity contribution in [3.05, 3.63) is 35.6 Å². The molecule has 3 nitrogen and oxygen atoms in total. The van der Waals surface area contributed by atoms with E-state index in [0.29, 0.717) is 13.0 Å². The van der Waals surface area contributed by atoms with Gasteiger partial charge in [0.1, 0.15) is 5.82 Å². The molecule has 2 N–H and O–H groups in total. The lowest BCUT2D eigenvalue weighted by atomic mass is 9.98. The third-order valence-corrected chi connectivity index (χ3v) is 2.47. The van der Waals surface area contributed by atoms with E-state index in [-0.39, 0.29) is 17.6 Å². The van der Waals surface area contributed by atoms with E-state index < -0.39 is 0 Å². The van der Waals surface area contributed by atoms with Crippen LogP contribution in [0.5, 0.6) is 0 Å². The van der Waals surface area contributed by atoms with Crippen molar-refractivity contribution in [1.82, 2.24) is 4.90 Å². The van der Waals surface area contributed by atoms with E-state index in [0.717, 1.165) is 5.56 Å². The lowest BCUT2D eigenvalue weighted by molar-refractivity contribution is -0.132. The SMILES string of the molecule is CN(C)C(=O)C(CN)Cc1ccc(F)cc1. The molecular formula is C12H17FN2O. The molecule has 0 fully saturated rings. The summed E-state index contributed by atoms with van der Waals surface area (Å²) in [5.74, 6) is -0.501. The Labute approximate surface area is 95.0 Å². The number of benzene rings is 1. The van der Waals surface area contributed by atoms with Crippen molar-refractivity contribution in [2.24, 2.45) is 11.7 Å². The minimum absolute atomic E-state index is 0.00632. The summed E-state index contributed by atoms with van der Waals surface area (Å²) in [5, 5.41) is 0. The van der Waals surface area contributed by atoms with Crippen LogP contribution in [0.2, 0.25) is 0 Å². The lowest BCUT2D eigenvalue weighted by Crippen LogP contribution is -2.35. The molecule has 1 aromatic rings. The monoisotopic (exact) mass is 224 g/mol. The van der Waals surface area contributed by atoms with Crippen LogP contribution in [-0.2, 0) is 11.2 Å². The summed E-state index contributed by atoms with van der Waals surface area (Å²) in [7, 11) is 3.41. The van der Waals surface area contributed by atoms with Gasteiger partial charge in [0.2, 0.25) is 5.91 Å². The van der Waals surface area contributed by atoms with Crippen molar-refractivity contribution >= 4 is 5.91 Å². The maximum Gasteiger partial charge on any atom is 0.226 e. The molecule has 1 atom stereocenters. The van der Waals surface area contributed by atoms with Gasteiger partial charge in [-0.15, -0.1) is 0 Å². The topological polar surface area (TPSA) is 46.3 Å². The zero-order chi connectivity index (χ0) is 12.1. The first-order chi connectivity index (χ1) is 7.54. The average Bonchev–Trinajstić information content (AvgIpc) is 2.27. The summed E-state index contributed by atoms with van der Waals surface area (Å²) in [5.41, 5.74) is 6.49. The van der Waals surface area contributed by atoms with Crippen LogP contribution < -0.4 is 5.73 Å². The van der Waals surface area contributed by atoms with Crippen LogP contribution in [-0.4, -0.2) is 31.4 Å². The average molecular weight is 224 g/mol. The van der Waals surface area contributed by atoms with Crippen LogP contribution in [0, 0.1) is 11.7 Å². The van der Waals surface area contributed by atoms with E-state index in [1.165, 1.54) is 17.0 Å². The molecule has 0 aliphatic rings. The molecule has 0 heterocycles. The number of nitrogens with two attached hydrogens (primary N) is 1. The van der Waals surface area contributed by atoms with Crippen LogP contribution in [0.1, 0.15) is 5.56 Å². The fourth-order valence-corrected chi connectivity index (χ4v) is 1.54. The molecule has 0 spiro atoms. The van der Waals surface area contributed by atoms with Gasteiger partial charge in [0.15, 0.2) is 0 Å². The fourth-order valence-electron chi connectivity index (χ4n) is 1.54. The van der Waals surface area contributed by atoms with Crippen LogP contribution in [0.3, 0.4) is 0 Å². The Balaban J connectivity index is 2.70. The highest BCUT2D eigenvalue weighted by Gasteiger charge is 2.18. The molecule has 0 aliphatic carbocycles. The second-order valence-corrected chi connectivity index (χ2v) is 4.00. The van der Waals surface area contributed by atoms with Gasteiger partial charge in [-0.2, -0.15) is 0 Å². The molecule has 88 valence electrons. The Morgan fingerprint density at radius 2 is 1.94 bits per heavy atom. The zero-order valence-electron chi connectivity index (χ0n) is 9.61. The highest BCUT2D eigenvalue weighted by Crippen LogP contribution is 2.11. The van der Waals surface area contributed by atoms with E-state index in [4.69, 9.17) is 5.73 Å². The summed E-state index contributed by atoms with van der Waals surface area (Å²) < 4.78 is 12.7. The minimum Gasteiger partial charge on any atom is -0.349 e. The standard InChI is InChI=1S/C12H17FN2O/c1-15(2)12(16)10(8-14)7-9-3-5-11(13)6-4-9/h3-6,10H,7-8,14H2,1-2H3. The highest BCUT2D eigenvalue weighted by atomic mass is 19.1. The number of amides is 1. The first-order valence-corrected chi connectivity index (χ1v) is 5.20. The normalized spacial score (nSPS) is 12.2. The number of rotatable bonds is 4. The molecule has 0 saturated heterocycles. The smallest absolute Gasteiger partial charge is 0.226 e. The third-order valence-electron chi connectivity index (χ3n) is 2.47. The maximum atomic E-state index is 12.7. The molecule has 0 aromatic heterocycles. The minimum atomic E-state index is -0.271. The Morgan fingerprint density at radius 1 is 1.38 bits per heavy atom. The molecule has 1 unspecified atom stereocenters. The van der Waals surface area contributed by atoms with Crippen LogP contribution in [0.15, 0.2) is 24.3 Å². The number of halogens is 1. The van der Waals surface area contributed by atoms with E-state index in [9.17, 15) is 9.18 Å². The Morgan fingerprint density at radius 3 is 2.38 bits per heavy atom. The Hall–Kier alpha value is -1.42. The van der Waals surface area contributed by atoms with Gasteiger partial charge < -0.3 is 10.6 Å². The molecular weight excluding hydrogens is 207 g/mol. The van der Waals surface area contributed by atoms with Crippen molar-refractivity contribution in [1.29, 1.82) is 0 Å². The highest BCUT2D eigenvalue weighted by molar-refractivity contribution is 5.78. The van der Waals surface area contributed by atoms with Crippen LogP contribution in [0.25, 0.3) is 0 Å². The summed E-state index contributed by atoms with van der Waals surface area (Å²) in [6, 6.07) is 6.15. The van der Waals surface area contributed by atoms with E-state index in [2.05, 4.69) is 0 Å². The Kier molecular flexibility index (Phi) is 4.43. The van der Waals surface area contributed by atoms with Gasteiger partial charge in [0, 0.05) is 20.6 Å². The van der Waals surface area contributed by atoms with Gasteiger partial charge in [-0.25, -0.2) is 4.39 Å². The van der Waals surface area contributed by atoms with Crippen molar-refractivity contribution in [3.8, 4) is 0 Å². The van der Waals surface area contributed by atoms with Crippen molar-refractivity contribution in [2.45, 2.75) is 6.42 Å². The maximum absolute atomic E-state index is 12.7. The van der Waals surface area contributed by atoms with Gasteiger partial charge in [0.05, 0.1) is 5.92 Å². The number of hydrogen-bond donors (Lipinski definition) is 1. The van der Waals surface area contributed by atoms with Gasteiger partial charge in [0.25, 0.3) is 0 Å². The van der Waals surface area contributed by atoms with Gasteiger partial charge in [-0.05, 0) is 24.1 Å². The third kappa shape index (κ3) is 3.31. The number of nitrogens with zero attached hydrogens (tertiary/aromatic N) is 1. The van der Waals surface area contributed by atoms with Crippen molar-refractivity contribution < 1.29 is 9.18 Å². The summed E-state index contributed by atoms with van der Waals surface area (Å²) in [6.45, 7) is 0.300. The summed E-state index contributed by atoms with van der Waals surface area (Å²) in [4.78, 5) is 13.2. The van der Waals surface area contributed by atoms with Crippen LogP contribution in [0.4, 0.5) is 4.39 Å². The molecule has 4 heteroatoms. The van der Waals surface area contributed by atoms with Crippen molar-refractivity contribution in [3.63, 3.8) is 0 Å². The second-order valence-electron chi connectivity index (χ2n) is 4.00. The molecule has 1 aromatic carbocycles. The predicted molar refractivity (Wildman–Crippen MR) is 61.3 cm³/mol. The predicted octanol–water partition coefficient (Wildman–Crippen LogP) is 1.03. The molecule has 0 saturated carbocycles. The van der Waals surface area contributed by atoms with Gasteiger partial charge >= 0.3 is 0 Å². The van der Waals surface area contributed by atoms with Gasteiger partial charge in [-0.1, -0.05) is 12.1 Å². The summed E-state index contributed by atoms with van der Waals surface area (Å²) >= 11 is 0. The summed E-state index contributed by atoms with van der Waals surface area (Å²) in [6.07, 6.45) is 0.549.